The van der Waals surface area contributed by atoms with E-state index in [2.05, 4.69) is 5.32 Å². The van der Waals surface area contributed by atoms with Gasteiger partial charge in [0.2, 0.25) is 0 Å². The van der Waals surface area contributed by atoms with Gasteiger partial charge < -0.3 is 5.32 Å². The van der Waals surface area contributed by atoms with Crippen molar-refractivity contribution < 1.29 is 13.7 Å². The summed E-state index contributed by atoms with van der Waals surface area (Å²) in [7, 11) is 1.70. The number of non-ortho nitro benzene ring substituents is 1. The topological polar surface area (TPSA) is 55.2 Å². The molecule has 4 nitrogen and oxygen atoms in total. The van der Waals surface area contributed by atoms with Crippen LogP contribution >= 0.6 is 11.8 Å². The lowest BCUT2D eigenvalue weighted by atomic mass is 10.2. The van der Waals surface area contributed by atoms with Gasteiger partial charge in [-0.2, -0.15) is 0 Å². The molecule has 0 aliphatic rings. The molecule has 0 heterocycles. The van der Waals surface area contributed by atoms with Crippen LogP contribution in [-0.2, 0) is 5.75 Å². The van der Waals surface area contributed by atoms with Crippen molar-refractivity contribution in [3.63, 3.8) is 0 Å². The molecular formula is C14H12F2N2O2S. The number of benzene rings is 2. The third-order valence-corrected chi connectivity index (χ3v) is 3.94. The summed E-state index contributed by atoms with van der Waals surface area (Å²) in [5.41, 5.74) is 1.39. The molecule has 0 spiro atoms. The van der Waals surface area contributed by atoms with Crippen LogP contribution in [-0.4, -0.2) is 12.0 Å². The number of hydrogen-bond donors (Lipinski definition) is 1. The Balaban J connectivity index is 2.22. The van der Waals surface area contributed by atoms with E-state index in [1.807, 2.05) is 0 Å². The van der Waals surface area contributed by atoms with Gasteiger partial charge in [0.25, 0.3) is 5.69 Å². The average molecular weight is 310 g/mol. The van der Waals surface area contributed by atoms with E-state index < -0.39 is 16.6 Å². The molecule has 0 amide bonds. The maximum Gasteiger partial charge on any atom is 0.269 e. The van der Waals surface area contributed by atoms with Crippen LogP contribution in [0.5, 0.6) is 0 Å². The lowest BCUT2D eigenvalue weighted by molar-refractivity contribution is -0.384. The molecule has 0 bridgehead atoms. The lowest BCUT2D eigenvalue weighted by Gasteiger charge is -2.09. The van der Waals surface area contributed by atoms with Crippen LogP contribution in [0.4, 0.5) is 20.2 Å². The third-order valence-electron chi connectivity index (χ3n) is 2.85. The Bertz CT molecular complexity index is 680. The van der Waals surface area contributed by atoms with E-state index in [-0.39, 0.29) is 5.69 Å². The van der Waals surface area contributed by atoms with E-state index >= 15 is 0 Å². The van der Waals surface area contributed by atoms with E-state index in [0.29, 0.717) is 16.2 Å². The highest BCUT2D eigenvalue weighted by atomic mass is 32.2. The summed E-state index contributed by atoms with van der Waals surface area (Å²) in [5, 5.41) is 13.7. The first-order valence-corrected chi connectivity index (χ1v) is 7.02. The van der Waals surface area contributed by atoms with Crippen molar-refractivity contribution in [3.05, 3.63) is 63.7 Å². The molecule has 2 rings (SSSR count). The molecule has 110 valence electrons. The van der Waals surface area contributed by atoms with Gasteiger partial charge >= 0.3 is 0 Å². The second kappa shape index (κ2) is 6.53. The molecule has 1 N–H and O–H groups in total. The van der Waals surface area contributed by atoms with Gasteiger partial charge in [-0.1, -0.05) is 0 Å². The Labute approximate surface area is 124 Å². The highest BCUT2D eigenvalue weighted by Crippen LogP contribution is 2.30. The normalized spacial score (nSPS) is 10.4. The van der Waals surface area contributed by atoms with Crippen LogP contribution in [0.3, 0.4) is 0 Å². The highest BCUT2D eigenvalue weighted by Gasteiger charge is 2.12. The number of nitro benzene ring substituents is 1. The Morgan fingerprint density at radius 1 is 1.24 bits per heavy atom. The number of hydrogen-bond acceptors (Lipinski definition) is 4. The molecule has 7 heteroatoms. The standard InChI is InChI=1S/C14H12F2N2O2S/c1-17-13-4-3-11(18(19)20)6-9(13)8-21-14-5-2-10(15)7-12(14)16/h2-7,17H,8H2,1H3. The number of nitro groups is 1. The molecule has 0 aromatic heterocycles. The zero-order chi connectivity index (χ0) is 15.4. The number of halogens is 2. The van der Waals surface area contributed by atoms with Gasteiger partial charge in [-0.05, 0) is 23.8 Å². The second-order valence-electron chi connectivity index (χ2n) is 4.21. The fourth-order valence-electron chi connectivity index (χ4n) is 1.80. The number of thioether (sulfide) groups is 1. The zero-order valence-corrected chi connectivity index (χ0v) is 11.9. The average Bonchev–Trinajstić information content (AvgIpc) is 2.46. The van der Waals surface area contributed by atoms with Crippen molar-refractivity contribution in [2.45, 2.75) is 10.6 Å². The lowest BCUT2D eigenvalue weighted by Crippen LogP contribution is -1.97. The maximum atomic E-state index is 13.6. The minimum absolute atomic E-state index is 0.0239. The highest BCUT2D eigenvalue weighted by molar-refractivity contribution is 7.98. The van der Waals surface area contributed by atoms with Crippen LogP contribution < -0.4 is 5.32 Å². The summed E-state index contributed by atoms with van der Waals surface area (Å²) in [4.78, 5) is 10.6. The van der Waals surface area contributed by atoms with Crippen LogP contribution in [0.2, 0.25) is 0 Å². The van der Waals surface area contributed by atoms with Gasteiger partial charge in [0.15, 0.2) is 0 Å². The van der Waals surface area contributed by atoms with Crippen LogP contribution in [0.15, 0.2) is 41.3 Å². The Hall–Kier alpha value is -2.15. The summed E-state index contributed by atoms with van der Waals surface area (Å²) in [6.07, 6.45) is 0. The number of anilines is 1. The SMILES string of the molecule is CNc1ccc([N+](=O)[O-])cc1CSc1ccc(F)cc1F. The maximum absolute atomic E-state index is 13.6. The van der Waals surface area contributed by atoms with E-state index in [9.17, 15) is 18.9 Å². The van der Waals surface area contributed by atoms with E-state index in [4.69, 9.17) is 0 Å². The van der Waals surface area contributed by atoms with Gasteiger partial charge in [0.05, 0.1) is 4.92 Å². The molecule has 2 aromatic carbocycles. The monoisotopic (exact) mass is 310 g/mol. The Kier molecular flexibility index (Phi) is 4.74. The summed E-state index contributed by atoms with van der Waals surface area (Å²) in [5.74, 6) is -0.944. The molecule has 0 atom stereocenters. The van der Waals surface area contributed by atoms with Crippen LogP contribution in [0.1, 0.15) is 5.56 Å². The van der Waals surface area contributed by atoms with Crippen molar-refractivity contribution in [1.82, 2.24) is 0 Å². The molecule has 0 radical (unpaired) electrons. The number of nitrogens with zero attached hydrogens (tertiary/aromatic N) is 1. The van der Waals surface area contributed by atoms with Crippen LogP contribution in [0, 0.1) is 21.7 Å². The van der Waals surface area contributed by atoms with Crippen LogP contribution in [0.25, 0.3) is 0 Å². The largest absolute Gasteiger partial charge is 0.388 e. The van der Waals surface area contributed by atoms with Gasteiger partial charge in [-0.15, -0.1) is 11.8 Å². The fourth-order valence-corrected chi connectivity index (χ4v) is 2.72. The van der Waals surface area contributed by atoms with Crippen molar-refractivity contribution in [2.75, 3.05) is 12.4 Å². The quantitative estimate of drug-likeness (QED) is 0.511. The number of rotatable bonds is 5. The molecule has 0 aliphatic heterocycles. The molecular weight excluding hydrogens is 298 g/mol. The van der Waals surface area contributed by atoms with Gasteiger partial charge in [-0.3, -0.25) is 10.1 Å². The summed E-state index contributed by atoms with van der Waals surface area (Å²) < 4.78 is 26.4. The fraction of sp³-hybridized carbons (Fsp3) is 0.143. The molecule has 0 aliphatic carbocycles. The Morgan fingerprint density at radius 3 is 2.62 bits per heavy atom. The predicted molar refractivity (Wildman–Crippen MR) is 78.6 cm³/mol. The van der Waals surface area contributed by atoms with Crippen molar-refractivity contribution in [1.29, 1.82) is 0 Å². The van der Waals surface area contributed by atoms with Crippen molar-refractivity contribution in [3.8, 4) is 0 Å². The minimum Gasteiger partial charge on any atom is -0.388 e. The first kappa shape index (κ1) is 15.2. The van der Waals surface area contributed by atoms with Crippen molar-refractivity contribution >= 4 is 23.1 Å². The summed E-state index contributed by atoms with van der Waals surface area (Å²) in [6, 6.07) is 7.80. The summed E-state index contributed by atoms with van der Waals surface area (Å²) >= 11 is 1.15. The first-order valence-electron chi connectivity index (χ1n) is 6.04. The third kappa shape index (κ3) is 3.69. The van der Waals surface area contributed by atoms with Gasteiger partial charge in [-0.25, -0.2) is 8.78 Å². The van der Waals surface area contributed by atoms with Gasteiger partial charge in [0.1, 0.15) is 11.6 Å². The van der Waals surface area contributed by atoms with Crippen molar-refractivity contribution in [2.24, 2.45) is 0 Å². The molecule has 21 heavy (non-hydrogen) atoms. The van der Waals surface area contributed by atoms with E-state index in [0.717, 1.165) is 23.5 Å². The molecule has 0 fully saturated rings. The van der Waals surface area contributed by atoms with Gasteiger partial charge in [0, 0.05) is 41.6 Å². The predicted octanol–water partition coefficient (Wildman–Crippen LogP) is 4.21. The Morgan fingerprint density at radius 2 is 2.00 bits per heavy atom. The zero-order valence-electron chi connectivity index (χ0n) is 11.1. The first-order chi connectivity index (χ1) is 10.0. The van der Waals surface area contributed by atoms with E-state index in [1.165, 1.54) is 24.3 Å². The smallest absolute Gasteiger partial charge is 0.269 e. The second-order valence-corrected chi connectivity index (χ2v) is 5.23. The number of nitrogens with one attached hydrogen (secondary N) is 1. The molecule has 0 saturated heterocycles. The minimum atomic E-state index is -0.642. The van der Waals surface area contributed by atoms with E-state index in [1.54, 1.807) is 13.1 Å². The summed E-state index contributed by atoms with van der Waals surface area (Å²) in [6.45, 7) is 0. The molecule has 0 saturated carbocycles. The molecule has 0 unspecified atom stereocenters. The molecule has 2 aromatic rings.